The Kier molecular flexibility index (Phi) is 5.44. The zero-order valence-corrected chi connectivity index (χ0v) is 17.9. The number of anilines is 1. The van der Waals surface area contributed by atoms with Crippen molar-refractivity contribution in [3.8, 4) is 5.69 Å². The molecule has 162 valence electrons. The van der Waals surface area contributed by atoms with Gasteiger partial charge in [0.1, 0.15) is 6.04 Å². The highest BCUT2D eigenvalue weighted by atomic mass is 32.2. The van der Waals surface area contributed by atoms with Crippen LogP contribution >= 0.6 is 11.8 Å². The van der Waals surface area contributed by atoms with Gasteiger partial charge < -0.3 is 4.90 Å². The lowest BCUT2D eigenvalue weighted by molar-refractivity contribution is -0.128. The number of imide groups is 1. The third-order valence-electron chi connectivity index (χ3n) is 5.66. The molecule has 0 bridgehead atoms. The molecule has 5 rings (SSSR count). The van der Waals surface area contributed by atoms with E-state index >= 15 is 0 Å². The van der Waals surface area contributed by atoms with Crippen LogP contribution in [0.4, 0.5) is 5.69 Å². The number of piperidine rings is 1. The van der Waals surface area contributed by atoms with E-state index < -0.39 is 11.9 Å². The van der Waals surface area contributed by atoms with Crippen LogP contribution in [0.3, 0.4) is 0 Å². The molecule has 0 aliphatic carbocycles. The first-order valence-electron chi connectivity index (χ1n) is 10.4. The number of nitrogens with zero attached hydrogens (tertiary/aromatic N) is 6. The fraction of sp³-hybridized carbons (Fsp3) is 0.273. The number of benzene rings is 2. The first-order valence-corrected chi connectivity index (χ1v) is 11.4. The summed E-state index contributed by atoms with van der Waals surface area (Å²) < 4.78 is 1.54. The van der Waals surface area contributed by atoms with Gasteiger partial charge in [0.2, 0.25) is 11.1 Å². The van der Waals surface area contributed by atoms with E-state index in [4.69, 9.17) is 0 Å². The lowest BCUT2D eigenvalue weighted by Gasteiger charge is -2.33. The van der Waals surface area contributed by atoms with Crippen molar-refractivity contribution in [2.45, 2.75) is 30.5 Å². The second-order valence-corrected chi connectivity index (χ2v) is 8.53. The van der Waals surface area contributed by atoms with Crippen molar-refractivity contribution in [2.75, 3.05) is 17.2 Å². The summed E-state index contributed by atoms with van der Waals surface area (Å²) in [5.41, 5.74) is 1.48. The first-order chi connectivity index (χ1) is 15.6. The van der Waals surface area contributed by atoms with E-state index in [2.05, 4.69) is 15.5 Å². The van der Waals surface area contributed by atoms with Gasteiger partial charge in [-0.05, 0) is 54.0 Å². The zero-order chi connectivity index (χ0) is 22.1. The number of aromatic nitrogens is 4. The van der Waals surface area contributed by atoms with Gasteiger partial charge in [-0.1, -0.05) is 42.1 Å². The average Bonchev–Trinajstić information content (AvgIpc) is 3.29. The molecule has 3 aromatic rings. The van der Waals surface area contributed by atoms with E-state index in [1.165, 1.54) is 4.90 Å². The molecule has 0 spiro atoms. The number of para-hydroxylation sites is 2. The number of tetrazole rings is 1. The second kappa shape index (κ2) is 8.54. The SMILES string of the molecule is O=C(CSc1nnnn1-c1ccccc1)N1C(=O)[C@H]2CCCCN2C(=O)c2ccccc21. The van der Waals surface area contributed by atoms with Crippen LogP contribution in [0.1, 0.15) is 29.6 Å². The maximum absolute atomic E-state index is 13.4. The first kappa shape index (κ1) is 20.4. The van der Waals surface area contributed by atoms with E-state index in [0.717, 1.165) is 30.3 Å². The molecule has 0 radical (unpaired) electrons. The molecule has 9 nitrogen and oxygen atoms in total. The Morgan fingerprint density at radius 2 is 1.81 bits per heavy atom. The molecule has 2 aliphatic heterocycles. The van der Waals surface area contributed by atoms with Crippen molar-refractivity contribution in [2.24, 2.45) is 0 Å². The van der Waals surface area contributed by atoms with Gasteiger partial charge >= 0.3 is 0 Å². The molecule has 0 N–H and O–H groups in total. The van der Waals surface area contributed by atoms with Gasteiger partial charge in [-0.15, -0.1) is 5.10 Å². The number of fused-ring (bicyclic) bond motifs is 2. The summed E-state index contributed by atoms with van der Waals surface area (Å²) in [6.07, 6.45) is 2.25. The van der Waals surface area contributed by atoms with Crippen molar-refractivity contribution in [1.29, 1.82) is 0 Å². The Morgan fingerprint density at radius 3 is 2.66 bits per heavy atom. The minimum atomic E-state index is -0.618. The van der Waals surface area contributed by atoms with Crippen LogP contribution in [-0.2, 0) is 9.59 Å². The van der Waals surface area contributed by atoms with Crippen LogP contribution in [0.5, 0.6) is 0 Å². The van der Waals surface area contributed by atoms with Crippen molar-refractivity contribution in [1.82, 2.24) is 25.1 Å². The minimum Gasteiger partial charge on any atom is -0.327 e. The molecular formula is C22H20N6O3S. The molecule has 3 heterocycles. The van der Waals surface area contributed by atoms with Gasteiger partial charge in [-0.3, -0.25) is 14.4 Å². The van der Waals surface area contributed by atoms with Crippen LogP contribution in [0.2, 0.25) is 0 Å². The monoisotopic (exact) mass is 448 g/mol. The van der Waals surface area contributed by atoms with Gasteiger partial charge in [0.25, 0.3) is 11.8 Å². The van der Waals surface area contributed by atoms with Gasteiger partial charge in [0.15, 0.2) is 0 Å². The summed E-state index contributed by atoms with van der Waals surface area (Å²) in [7, 11) is 0. The van der Waals surface area contributed by atoms with Crippen LogP contribution in [0, 0.1) is 0 Å². The highest BCUT2D eigenvalue weighted by Gasteiger charge is 2.42. The Morgan fingerprint density at radius 1 is 1.03 bits per heavy atom. The molecule has 1 fully saturated rings. The number of hydrogen-bond acceptors (Lipinski definition) is 7. The Bertz CT molecular complexity index is 1180. The molecule has 10 heteroatoms. The highest BCUT2D eigenvalue weighted by molar-refractivity contribution is 7.99. The van der Waals surface area contributed by atoms with Crippen LogP contribution in [0.15, 0.2) is 59.8 Å². The van der Waals surface area contributed by atoms with Gasteiger partial charge in [0.05, 0.1) is 22.7 Å². The standard InChI is InChI=1S/C22H20N6O3S/c29-19(14-32-22-23-24-25-28(22)15-8-2-1-3-9-15)27-17-11-5-4-10-16(17)20(30)26-13-7-6-12-18(26)21(27)31/h1-5,8-11,18H,6-7,12-14H2/t18-/m1/s1. The summed E-state index contributed by atoms with van der Waals surface area (Å²) in [4.78, 5) is 42.7. The molecule has 32 heavy (non-hydrogen) atoms. The summed E-state index contributed by atoms with van der Waals surface area (Å²) in [5, 5.41) is 12.2. The Hall–Kier alpha value is -3.53. The largest absolute Gasteiger partial charge is 0.327 e. The molecule has 3 amide bonds. The molecule has 2 aromatic carbocycles. The van der Waals surface area contributed by atoms with E-state index in [0.29, 0.717) is 29.4 Å². The van der Waals surface area contributed by atoms with Crippen LogP contribution < -0.4 is 4.90 Å². The van der Waals surface area contributed by atoms with Gasteiger partial charge in [-0.25, -0.2) is 4.90 Å². The van der Waals surface area contributed by atoms with E-state index in [1.54, 1.807) is 33.8 Å². The van der Waals surface area contributed by atoms with Crippen molar-refractivity contribution in [3.05, 3.63) is 60.2 Å². The molecule has 0 unspecified atom stereocenters. The average molecular weight is 449 g/mol. The van der Waals surface area contributed by atoms with Gasteiger partial charge in [0, 0.05) is 6.54 Å². The summed E-state index contributed by atoms with van der Waals surface area (Å²) in [6.45, 7) is 0.520. The summed E-state index contributed by atoms with van der Waals surface area (Å²) in [5.74, 6) is -1.00. The number of amides is 3. The summed E-state index contributed by atoms with van der Waals surface area (Å²) in [6, 6.07) is 15.5. The lowest BCUT2D eigenvalue weighted by atomic mass is 10.0. The lowest BCUT2D eigenvalue weighted by Crippen LogP contribution is -2.52. The molecule has 1 aromatic heterocycles. The van der Waals surface area contributed by atoms with Crippen molar-refractivity contribution >= 4 is 35.2 Å². The minimum absolute atomic E-state index is 0.0474. The van der Waals surface area contributed by atoms with E-state index in [-0.39, 0.29) is 17.6 Å². The molecule has 1 saturated heterocycles. The fourth-order valence-corrected chi connectivity index (χ4v) is 4.89. The van der Waals surface area contributed by atoms with E-state index in [9.17, 15) is 14.4 Å². The molecular weight excluding hydrogens is 428 g/mol. The number of hydrogen-bond donors (Lipinski definition) is 0. The maximum atomic E-state index is 13.4. The highest BCUT2D eigenvalue weighted by Crippen LogP contribution is 2.32. The second-order valence-electron chi connectivity index (χ2n) is 7.59. The predicted octanol–water partition coefficient (Wildman–Crippen LogP) is 2.32. The molecule has 1 atom stereocenters. The zero-order valence-electron chi connectivity index (χ0n) is 17.1. The third kappa shape index (κ3) is 3.56. The fourth-order valence-electron chi connectivity index (χ4n) is 4.15. The number of carbonyl (C=O) groups is 3. The smallest absolute Gasteiger partial charge is 0.256 e. The Labute approximate surface area is 188 Å². The molecule has 2 aliphatic rings. The van der Waals surface area contributed by atoms with Crippen LogP contribution in [-0.4, -0.2) is 61.2 Å². The van der Waals surface area contributed by atoms with Gasteiger partial charge in [-0.2, -0.15) is 4.68 Å². The third-order valence-corrected chi connectivity index (χ3v) is 6.56. The number of carbonyl (C=O) groups excluding carboxylic acids is 3. The van der Waals surface area contributed by atoms with Crippen molar-refractivity contribution < 1.29 is 14.4 Å². The maximum Gasteiger partial charge on any atom is 0.256 e. The normalized spacial score (nSPS) is 18.2. The predicted molar refractivity (Wildman–Crippen MR) is 117 cm³/mol. The quantitative estimate of drug-likeness (QED) is 0.565. The Balaban J connectivity index is 1.43. The number of rotatable bonds is 4. The molecule has 0 saturated carbocycles. The van der Waals surface area contributed by atoms with Crippen LogP contribution in [0.25, 0.3) is 5.69 Å². The van der Waals surface area contributed by atoms with E-state index in [1.807, 2.05) is 30.3 Å². The topological polar surface area (TPSA) is 101 Å². The van der Waals surface area contributed by atoms with Crippen molar-refractivity contribution in [3.63, 3.8) is 0 Å². The number of thioether (sulfide) groups is 1. The summed E-state index contributed by atoms with van der Waals surface area (Å²) >= 11 is 1.15.